The van der Waals surface area contributed by atoms with Gasteiger partial charge in [-0.1, -0.05) is 6.07 Å². The maximum absolute atomic E-state index is 13.1. The lowest BCUT2D eigenvalue weighted by Crippen LogP contribution is -3.14. The summed E-state index contributed by atoms with van der Waals surface area (Å²) in [5, 5.41) is 14.1. The standard InChI is InChI=1S/C19H19FN4O2/c1-13(19(26)23-16-8-6-14(11-21)7-9-16)24(2)12-18(25)22-17-5-3-4-15(20)10-17/h3-10,13H,12H2,1-2H3,(H,22,25)(H,23,26)/p+1/t13-/m1/s1. The molecule has 6 nitrogen and oxygen atoms in total. The maximum Gasteiger partial charge on any atom is 0.282 e. The molecule has 0 aliphatic rings. The monoisotopic (exact) mass is 355 g/mol. The normalized spacial score (nSPS) is 12.5. The molecule has 2 atom stereocenters. The van der Waals surface area contributed by atoms with E-state index in [0.29, 0.717) is 21.8 Å². The molecule has 0 saturated heterocycles. The molecule has 0 fully saturated rings. The average molecular weight is 355 g/mol. The minimum absolute atomic E-state index is 0.0540. The van der Waals surface area contributed by atoms with E-state index in [1.165, 1.54) is 18.2 Å². The lowest BCUT2D eigenvalue weighted by Gasteiger charge is -2.20. The fourth-order valence-electron chi connectivity index (χ4n) is 2.28. The highest BCUT2D eigenvalue weighted by Crippen LogP contribution is 2.09. The van der Waals surface area contributed by atoms with Gasteiger partial charge in [0.05, 0.1) is 18.7 Å². The Morgan fingerprint density at radius 3 is 2.46 bits per heavy atom. The van der Waals surface area contributed by atoms with E-state index < -0.39 is 11.9 Å². The van der Waals surface area contributed by atoms with E-state index in [2.05, 4.69) is 10.6 Å². The fraction of sp³-hybridized carbons (Fsp3) is 0.211. The molecule has 0 bridgehead atoms. The first-order valence-corrected chi connectivity index (χ1v) is 8.08. The van der Waals surface area contributed by atoms with E-state index >= 15 is 0 Å². The zero-order chi connectivity index (χ0) is 19.1. The third kappa shape index (κ3) is 5.40. The Bertz CT molecular complexity index is 830. The molecule has 1 unspecified atom stereocenters. The van der Waals surface area contributed by atoms with E-state index in [9.17, 15) is 14.0 Å². The lowest BCUT2D eigenvalue weighted by molar-refractivity contribution is -0.885. The second-order valence-corrected chi connectivity index (χ2v) is 5.98. The van der Waals surface area contributed by atoms with Crippen LogP contribution in [0.4, 0.5) is 15.8 Å². The van der Waals surface area contributed by atoms with Crippen LogP contribution < -0.4 is 15.5 Å². The van der Waals surface area contributed by atoms with Crippen molar-refractivity contribution in [2.24, 2.45) is 0 Å². The predicted molar refractivity (Wildman–Crippen MR) is 96.0 cm³/mol. The first-order valence-electron chi connectivity index (χ1n) is 8.08. The molecule has 26 heavy (non-hydrogen) atoms. The Labute approximate surface area is 151 Å². The van der Waals surface area contributed by atoms with Crippen molar-refractivity contribution in [2.45, 2.75) is 13.0 Å². The summed E-state index contributed by atoms with van der Waals surface area (Å²) >= 11 is 0. The molecule has 0 aromatic heterocycles. The summed E-state index contributed by atoms with van der Waals surface area (Å²) in [6.07, 6.45) is 0. The molecule has 0 aliphatic carbocycles. The number of carbonyl (C=O) groups excluding carboxylic acids is 2. The van der Waals surface area contributed by atoms with E-state index in [-0.39, 0.29) is 18.4 Å². The van der Waals surface area contributed by atoms with Crippen LogP contribution in [0.1, 0.15) is 12.5 Å². The van der Waals surface area contributed by atoms with Crippen LogP contribution in [0.5, 0.6) is 0 Å². The molecule has 2 rings (SSSR count). The molecular formula is C19H20FN4O2+. The van der Waals surface area contributed by atoms with Gasteiger partial charge in [0.1, 0.15) is 5.82 Å². The summed E-state index contributed by atoms with van der Waals surface area (Å²) < 4.78 is 13.1. The van der Waals surface area contributed by atoms with E-state index in [1.54, 1.807) is 44.3 Å². The molecule has 2 aromatic carbocycles. The second-order valence-electron chi connectivity index (χ2n) is 5.98. The van der Waals surface area contributed by atoms with Gasteiger partial charge in [0.2, 0.25) is 0 Å². The largest absolute Gasteiger partial charge is 0.321 e. The van der Waals surface area contributed by atoms with Crippen LogP contribution in [-0.4, -0.2) is 31.4 Å². The van der Waals surface area contributed by atoms with Gasteiger partial charge >= 0.3 is 0 Å². The molecular weight excluding hydrogens is 335 g/mol. The molecule has 7 heteroatoms. The number of nitrogens with zero attached hydrogens (tertiary/aromatic N) is 1. The van der Waals surface area contributed by atoms with E-state index in [4.69, 9.17) is 5.26 Å². The van der Waals surface area contributed by atoms with Gasteiger partial charge in [-0.05, 0) is 49.4 Å². The maximum atomic E-state index is 13.1. The number of likely N-dealkylation sites (N-methyl/N-ethyl adjacent to an activating group) is 1. The van der Waals surface area contributed by atoms with Crippen molar-refractivity contribution in [3.63, 3.8) is 0 Å². The molecule has 0 saturated carbocycles. The number of hydrogen-bond donors (Lipinski definition) is 3. The highest BCUT2D eigenvalue weighted by Gasteiger charge is 2.24. The molecule has 0 radical (unpaired) electrons. The highest BCUT2D eigenvalue weighted by atomic mass is 19.1. The van der Waals surface area contributed by atoms with E-state index in [0.717, 1.165) is 0 Å². The van der Waals surface area contributed by atoms with Crippen LogP contribution in [0.2, 0.25) is 0 Å². The van der Waals surface area contributed by atoms with Gasteiger partial charge < -0.3 is 15.5 Å². The van der Waals surface area contributed by atoms with Crippen LogP contribution in [0.15, 0.2) is 48.5 Å². The van der Waals surface area contributed by atoms with Crippen LogP contribution in [0, 0.1) is 17.1 Å². The number of rotatable bonds is 6. The Balaban J connectivity index is 1.88. The summed E-state index contributed by atoms with van der Waals surface area (Å²) in [5.74, 6) is -0.990. The summed E-state index contributed by atoms with van der Waals surface area (Å²) in [6, 6.07) is 13.7. The molecule has 2 aromatic rings. The van der Waals surface area contributed by atoms with Crippen LogP contribution in [-0.2, 0) is 9.59 Å². The van der Waals surface area contributed by atoms with Crippen molar-refractivity contribution in [1.29, 1.82) is 5.26 Å². The topological polar surface area (TPSA) is 86.4 Å². The van der Waals surface area contributed by atoms with Gasteiger partial charge in [0.25, 0.3) is 11.8 Å². The first kappa shape index (κ1) is 19.1. The lowest BCUT2D eigenvalue weighted by atomic mass is 10.2. The van der Waals surface area contributed by atoms with Crippen molar-refractivity contribution < 1.29 is 18.9 Å². The number of hydrogen-bond acceptors (Lipinski definition) is 3. The molecule has 0 spiro atoms. The minimum atomic E-state index is -0.482. The van der Waals surface area contributed by atoms with Crippen molar-refractivity contribution in [3.05, 3.63) is 59.9 Å². The Kier molecular flexibility index (Phi) is 6.42. The van der Waals surface area contributed by atoms with Crippen molar-refractivity contribution in [1.82, 2.24) is 0 Å². The van der Waals surface area contributed by atoms with Crippen molar-refractivity contribution in [2.75, 3.05) is 24.2 Å². The summed E-state index contributed by atoms with van der Waals surface area (Å²) in [5.41, 5.74) is 1.46. The first-order chi connectivity index (χ1) is 12.4. The number of amides is 2. The zero-order valence-corrected chi connectivity index (χ0v) is 14.5. The fourth-order valence-corrected chi connectivity index (χ4v) is 2.28. The molecule has 0 heterocycles. The Morgan fingerprint density at radius 1 is 1.15 bits per heavy atom. The third-order valence-electron chi connectivity index (χ3n) is 3.96. The number of anilines is 2. The minimum Gasteiger partial charge on any atom is -0.321 e. The van der Waals surface area contributed by atoms with Gasteiger partial charge in [-0.25, -0.2) is 4.39 Å². The summed E-state index contributed by atoms with van der Waals surface area (Å²) in [7, 11) is 1.73. The number of halogens is 1. The molecule has 0 aliphatic heterocycles. The van der Waals surface area contributed by atoms with E-state index in [1.807, 2.05) is 6.07 Å². The smallest absolute Gasteiger partial charge is 0.282 e. The SMILES string of the molecule is C[C@H](C(=O)Nc1ccc(C#N)cc1)[NH+](C)CC(=O)Nc1cccc(F)c1. The van der Waals surface area contributed by atoms with Gasteiger partial charge in [-0.2, -0.15) is 5.26 Å². The zero-order valence-electron chi connectivity index (χ0n) is 14.5. The number of carbonyl (C=O) groups is 2. The summed E-state index contributed by atoms with van der Waals surface area (Å²) in [4.78, 5) is 25.1. The average Bonchev–Trinajstić information content (AvgIpc) is 2.61. The molecule has 134 valence electrons. The number of quaternary nitrogens is 1. The highest BCUT2D eigenvalue weighted by molar-refractivity contribution is 5.94. The van der Waals surface area contributed by atoms with Gasteiger partial charge in [-0.15, -0.1) is 0 Å². The third-order valence-corrected chi connectivity index (χ3v) is 3.96. The second kappa shape index (κ2) is 8.74. The molecule has 3 N–H and O–H groups in total. The Hall–Kier alpha value is -3.24. The van der Waals surface area contributed by atoms with Gasteiger partial charge in [-0.3, -0.25) is 9.59 Å². The van der Waals surface area contributed by atoms with Crippen LogP contribution in [0.25, 0.3) is 0 Å². The van der Waals surface area contributed by atoms with Crippen molar-refractivity contribution >= 4 is 23.2 Å². The van der Waals surface area contributed by atoms with Gasteiger partial charge in [0.15, 0.2) is 12.6 Å². The predicted octanol–water partition coefficient (Wildman–Crippen LogP) is 1.18. The van der Waals surface area contributed by atoms with Crippen LogP contribution in [0.3, 0.4) is 0 Å². The Morgan fingerprint density at radius 2 is 1.85 bits per heavy atom. The quantitative estimate of drug-likeness (QED) is 0.727. The molecule has 2 amide bonds. The number of benzene rings is 2. The summed E-state index contributed by atoms with van der Waals surface area (Å²) in [6.45, 7) is 1.77. The number of nitrogens with one attached hydrogen (secondary N) is 3. The van der Waals surface area contributed by atoms with Crippen molar-refractivity contribution in [3.8, 4) is 6.07 Å². The van der Waals surface area contributed by atoms with Gasteiger partial charge in [0, 0.05) is 11.4 Å². The number of nitriles is 1. The van der Waals surface area contributed by atoms with Crippen LogP contribution >= 0.6 is 0 Å².